The number of carbonyl (C=O) groups excluding carboxylic acids is 1. The van der Waals surface area contributed by atoms with Gasteiger partial charge in [-0.1, -0.05) is 11.2 Å². The van der Waals surface area contributed by atoms with E-state index in [9.17, 15) is 4.79 Å². The predicted octanol–water partition coefficient (Wildman–Crippen LogP) is 3.33. The van der Waals surface area contributed by atoms with E-state index in [-0.39, 0.29) is 11.8 Å². The first-order valence-corrected chi connectivity index (χ1v) is 9.42. The number of likely N-dealkylation sites (tertiary alicyclic amines) is 1. The molecular weight excluding hydrogens is 366 g/mol. The molecular formula is C19H19N3O4S. The zero-order valence-electron chi connectivity index (χ0n) is 15.0. The van der Waals surface area contributed by atoms with Crippen LogP contribution in [0.5, 0.6) is 11.5 Å². The van der Waals surface area contributed by atoms with E-state index in [2.05, 4.69) is 10.1 Å². The third-order valence-electron chi connectivity index (χ3n) is 4.60. The van der Waals surface area contributed by atoms with Gasteiger partial charge in [-0.15, -0.1) is 11.3 Å². The van der Waals surface area contributed by atoms with E-state index in [4.69, 9.17) is 14.0 Å². The highest BCUT2D eigenvalue weighted by Crippen LogP contribution is 2.32. The zero-order valence-corrected chi connectivity index (χ0v) is 15.9. The SMILES string of the molecule is COc1ccc(CN2CC(c3nc(-c4cccs4)no3)CC2=O)c(OC)c1. The van der Waals surface area contributed by atoms with Crippen LogP contribution in [-0.4, -0.2) is 41.7 Å². The van der Waals surface area contributed by atoms with E-state index in [0.29, 0.717) is 42.7 Å². The highest BCUT2D eigenvalue weighted by molar-refractivity contribution is 7.13. The summed E-state index contributed by atoms with van der Waals surface area (Å²) in [5.41, 5.74) is 0.928. The van der Waals surface area contributed by atoms with Gasteiger partial charge in [0.15, 0.2) is 0 Å². The van der Waals surface area contributed by atoms with Gasteiger partial charge in [0.25, 0.3) is 0 Å². The average Bonchev–Trinajstić information content (AvgIpc) is 3.43. The molecule has 0 aliphatic carbocycles. The van der Waals surface area contributed by atoms with E-state index in [1.54, 1.807) is 30.5 Å². The molecule has 140 valence electrons. The third kappa shape index (κ3) is 3.52. The number of hydrogen-bond donors (Lipinski definition) is 0. The van der Waals surface area contributed by atoms with Crippen molar-refractivity contribution in [2.45, 2.75) is 18.9 Å². The van der Waals surface area contributed by atoms with Gasteiger partial charge in [0.05, 0.1) is 25.0 Å². The quantitative estimate of drug-likeness (QED) is 0.648. The van der Waals surface area contributed by atoms with E-state index < -0.39 is 0 Å². The summed E-state index contributed by atoms with van der Waals surface area (Å²) in [6.07, 6.45) is 0.366. The monoisotopic (exact) mass is 385 g/mol. The first kappa shape index (κ1) is 17.5. The van der Waals surface area contributed by atoms with Crippen LogP contribution in [-0.2, 0) is 11.3 Å². The maximum Gasteiger partial charge on any atom is 0.232 e. The third-order valence-corrected chi connectivity index (χ3v) is 5.47. The lowest BCUT2D eigenvalue weighted by Crippen LogP contribution is -2.24. The number of carbonyl (C=O) groups is 1. The van der Waals surface area contributed by atoms with Crippen LogP contribution in [0.3, 0.4) is 0 Å². The number of ether oxygens (including phenoxy) is 2. The molecule has 1 aromatic carbocycles. The first-order chi connectivity index (χ1) is 13.2. The number of amides is 1. The van der Waals surface area contributed by atoms with Gasteiger partial charge in [0.1, 0.15) is 11.5 Å². The molecule has 1 amide bonds. The highest BCUT2D eigenvalue weighted by atomic mass is 32.1. The topological polar surface area (TPSA) is 77.7 Å². The zero-order chi connectivity index (χ0) is 18.8. The molecule has 1 unspecified atom stereocenters. The van der Waals surface area contributed by atoms with Gasteiger partial charge in [-0.05, 0) is 23.6 Å². The maximum atomic E-state index is 12.5. The molecule has 0 bridgehead atoms. The van der Waals surface area contributed by atoms with E-state index in [1.165, 1.54) is 0 Å². The van der Waals surface area contributed by atoms with E-state index in [0.717, 1.165) is 10.4 Å². The summed E-state index contributed by atoms with van der Waals surface area (Å²) in [5, 5.41) is 6.01. The van der Waals surface area contributed by atoms with Crippen molar-refractivity contribution in [1.29, 1.82) is 0 Å². The molecule has 0 N–H and O–H groups in total. The molecule has 1 saturated heterocycles. The Morgan fingerprint density at radius 3 is 2.93 bits per heavy atom. The average molecular weight is 385 g/mol. The molecule has 0 saturated carbocycles. The van der Waals surface area contributed by atoms with Crippen LogP contribution in [0.1, 0.15) is 23.8 Å². The predicted molar refractivity (Wildman–Crippen MR) is 99.9 cm³/mol. The second-order valence-corrected chi connectivity index (χ2v) is 7.23. The Morgan fingerprint density at radius 1 is 1.30 bits per heavy atom. The largest absolute Gasteiger partial charge is 0.497 e. The molecule has 2 aromatic heterocycles. The fourth-order valence-corrected chi connectivity index (χ4v) is 3.83. The number of rotatable bonds is 6. The maximum absolute atomic E-state index is 12.5. The van der Waals surface area contributed by atoms with Crippen molar-refractivity contribution in [3.05, 3.63) is 47.2 Å². The molecule has 1 atom stereocenters. The van der Waals surface area contributed by atoms with Crippen LogP contribution >= 0.6 is 11.3 Å². The minimum Gasteiger partial charge on any atom is -0.497 e. The summed E-state index contributed by atoms with van der Waals surface area (Å²) < 4.78 is 16.1. The number of nitrogens with zero attached hydrogens (tertiary/aromatic N) is 3. The summed E-state index contributed by atoms with van der Waals surface area (Å²) in [4.78, 5) is 19.7. The van der Waals surface area contributed by atoms with Gasteiger partial charge in [0.2, 0.25) is 17.6 Å². The van der Waals surface area contributed by atoms with Crippen molar-refractivity contribution >= 4 is 17.2 Å². The first-order valence-electron chi connectivity index (χ1n) is 8.54. The van der Waals surface area contributed by atoms with Crippen LogP contribution in [0.15, 0.2) is 40.2 Å². The Labute approximate surface area is 160 Å². The summed E-state index contributed by atoms with van der Waals surface area (Å²) in [6.45, 7) is 1.01. The molecule has 0 spiro atoms. The molecule has 4 rings (SSSR count). The molecule has 1 fully saturated rings. The Hall–Kier alpha value is -2.87. The minimum atomic E-state index is -0.0945. The second-order valence-electron chi connectivity index (χ2n) is 6.29. The molecule has 8 heteroatoms. The van der Waals surface area contributed by atoms with Crippen LogP contribution in [0.2, 0.25) is 0 Å². The smallest absolute Gasteiger partial charge is 0.232 e. The minimum absolute atomic E-state index is 0.0637. The molecule has 7 nitrogen and oxygen atoms in total. The van der Waals surface area contributed by atoms with Crippen LogP contribution < -0.4 is 9.47 Å². The normalized spacial score (nSPS) is 16.7. The van der Waals surface area contributed by atoms with Gasteiger partial charge in [-0.2, -0.15) is 4.98 Å². The fourth-order valence-electron chi connectivity index (χ4n) is 3.19. The number of aromatic nitrogens is 2. The van der Waals surface area contributed by atoms with E-state index >= 15 is 0 Å². The molecule has 27 heavy (non-hydrogen) atoms. The Kier molecular flexibility index (Phi) is 4.81. The van der Waals surface area contributed by atoms with Crippen molar-refractivity contribution in [3.8, 4) is 22.2 Å². The standard InChI is InChI=1S/C19H19N3O4S/c1-24-14-6-5-12(15(9-14)25-2)10-22-11-13(8-17(22)23)19-20-18(21-26-19)16-4-3-7-27-16/h3-7,9,13H,8,10-11H2,1-2H3. The lowest BCUT2D eigenvalue weighted by atomic mass is 10.1. The van der Waals surface area contributed by atoms with Crippen molar-refractivity contribution in [1.82, 2.24) is 15.0 Å². The van der Waals surface area contributed by atoms with Crippen molar-refractivity contribution in [2.75, 3.05) is 20.8 Å². The van der Waals surface area contributed by atoms with Crippen LogP contribution in [0.4, 0.5) is 0 Å². The Bertz CT molecular complexity index is 938. The summed E-state index contributed by atoms with van der Waals surface area (Å²) in [5.74, 6) is 2.46. The highest BCUT2D eigenvalue weighted by Gasteiger charge is 2.34. The number of benzene rings is 1. The Morgan fingerprint density at radius 2 is 2.19 bits per heavy atom. The fraction of sp³-hybridized carbons (Fsp3) is 0.316. The summed E-state index contributed by atoms with van der Waals surface area (Å²) in [6, 6.07) is 9.49. The molecule has 1 aliphatic heterocycles. The lowest BCUT2D eigenvalue weighted by Gasteiger charge is -2.18. The molecule has 3 heterocycles. The van der Waals surface area contributed by atoms with Crippen LogP contribution in [0, 0.1) is 0 Å². The van der Waals surface area contributed by atoms with Gasteiger partial charge in [0, 0.05) is 31.1 Å². The number of thiophene rings is 1. The van der Waals surface area contributed by atoms with Gasteiger partial charge < -0.3 is 18.9 Å². The second kappa shape index (κ2) is 7.40. The summed E-state index contributed by atoms with van der Waals surface area (Å²) >= 11 is 1.56. The molecule has 3 aromatic rings. The van der Waals surface area contributed by atoms with Crippen LogP contribution in [0.25, 0.3) is 10.7 Å². The van der Waals surface area contributed by atoms with Gasteiger partial charge >= 0.3 is 0 Å². The Balaban J connectivity index is 1.48. The van der Waals surface area contributed by atoms with Crippen molar-refractivity contribution in [2.24, 2.45) is 0 Å². The number of methoxy groups -OCH3 is 2. The summed E-state index contributed by atoms with van der Waals surface area (Å²) in [7, 11) is 3.22. The van der Waals surface area contributed by atoms with Gasteiger partial charge in [-0.25, -0.2) is 0 Å². The number of hydrogen-bond acceptors (Lipinski definition) is 7. The lowest BCUT2D eigenvalue weighted by molar-refractivity contribution is -0.128. The van der Waals surface area contributed by atoms with E-state index in [1.807, 2.05) is 35.7 Å². The van der Waals surface area contributed by atoms with Crippen molar-refractivity contribution in [3.63, 3.8) is 0 Å². The van der Waals surface area contributed by atoms with Crippen molar-refractivity contribution < 1.29 is 18.8 Å². The molecule has 1 aliphatic rings. The van der Waals surface area contributed by atoms with Gasteiger partial charge in [-0.3, -0.25) is 4.79 Å². The molecule has 0 radical (unpaired) electrons.